The van der Waals surface area contributed by atoms with E-state index in [2.05, 4.69) is 13.5 Å². The minimum atomic E-state index is -2.95. The summed E-state index contributed by atoms with van der Waals surface area (Å²) in [6, 6.07) is 0. The molecular weight excluding hydrogens is 395 g/mol. The normalized spacial score (nSPS) is 13.1. The van der Waals surface area contributed by atoms with Crippen molar-refractivity contribution in [2.75, 3.05) is 18.9 Å². The number of rotatable bonds is 23. The number of unbranched alkanes of at least 4 members (excludes halogenated alkanes) is 16. The smallest absolute Gasteiger partial charge is 0.330 e. The average Bonchev–Trinajstić information content (AvgIpc) is 2.73. The number of carbonyl (C=O) groups excluding carboxylic acids is 1. The summed E-state index contributed by atoms with van der Waals surface area (Å²) in [5, 5.41) is 0. The molecule has 0 saturated heterocycles. The standard InChI is InChI=1S/C25H49O4P/c1-3-5-6-7-8-9-10-11-12-13-14-15-17-20-23-30(27,28)24-21-18-16-19-22-29-25(26)4-2/h4H,2-3,5-24H2,1H3,(H,27,28). The van der Waals surface area contributed by atoms with Crippen molar-refractivity contribution < 1.29 is 19.0 Å². The number of hydrogen-bond donors (Lipinski definition) is 1. The first-order valence-corrected chi connectivity index (χ1v) is 14.6. The van der Waals surface area contributed by atoms with Gasteiger partial charge < -0.3 is 9.63 Å². The van der Waals surface area contributed by atoms with Crippen LogP contribution in [-0.2, 0) is 14.1 Å². The zero-order valence-electron chi connectivity index (χ0n) is 19.8. The molecule has 4 nitrogen and oxygen atoms in total. The van der Waals surface area contributed by atoms with Crippen LogP contribution in [0.4, 0.5) is 0 Å². The van der Waals surface area contributed by atoms with Crippen LogP contribution in [0, 0.1) is 0 Å². The second-order valence-electron chi connectivity index (χ2n) is 8.68. The maximum absolute atomic E-state index is 12.2. The summed E-state index contributed by atoms with van der Waals surface area (Å²) in [6.45, 7) is 6.02. The van der Waals surface area contributed by atoms with Crippen molar-refractivity contribution in [2.24, 2.45) is 0 Å². The van der Waals surface area contributed by atoms with Crippen LogP contribution in [0.2, 0.25) is 0 Å². The van der Waals surface area contributed by atoms with E-state index in [1.165, 1.54) is 83.1 Å². The molecule has 178 valence electrons. The summed E-state index contributed by atoms with van der Waals surface area (Å²) in [6.07, 6.45) is 23.7. The third-order valence-corrected chi connectivity index (χ3v) is 7.70. The maximum Gasteiger partial charge on any atom is 0.330 e. The number of carbonyl (C=O) groups is 1. The van der Waals surface area contributed by atoms with Crippen LogP contribution in [-0.4, -0.2) is 29.8 Å². The predicted octanol–water partition coefficient (Wildman–Crippen LogP) is 8.03. The summed E-state index contributed by atoms with van der Waals surface area (Å²) < 4.78 is 17.1. The molecule has 0 aromatic heterocycles. The minimum absolute atomic E-state index is 0.386. The van der Waals surface area contributed by atoms with Gasteiger partial charge >= 0.3 is 5.97 Å². The summed E-state index contributed by atoms with van der Waals surface area (Å²) in [5.74, 6) is -0.386. The van der Waals surface area contributed by atoms with Gasteiger partial charge in [-0.1, -0.05) is 110 Å². The lowest BCUT2D eigenvalue weighted by Crippen LogP contribution is -2.01. The number of esters is 1. The molecule has 0 aromatic carbocycles. The Morgan fingerprint density at radius 2 is 1.10 bits per heavy atom. The monoisotopic (exact) mass is 444 g/mol. The van der Waals surface area contributed by atoms with Crippen LogP contribution in [0.5, 0.6) is 0 Å². The van der Waals surface area contributed by atoms with Crippen molar-refractivity contribution in [2.45, 2.75) is 122 Å². The SMILES string of the molecule is C=CC(=O)OCCCCCCP(=O)(O)CCCCCCCCCCCCCCCC. The molecule has 0 amide bonds. The fourth-order valence-electron chi connectivity index (χ4n) is 3.71. The average molecular weight is 445 g/mol. The molecule has 0 rings (SSSR count). The molecule has 0 radical (unpaired) electrons. The third kappa shape index (κ3) is 22.1. The first-order chi connectivity index (χ1) is 14.5. The molecule has 1 atom stereocenters. The molecule has 30 heavy (non-hydrogen) atoms. The van der Waals surface area contributed by atoms with E-state index in [4.69, 9.17) is 4.74 Å². The fraction of sp³-hybridized carbons (Fsp3) is 0.880. The number of ether oxygens (including phenoxy) is 1. The van der Waals surface area contributed by atoms with E-state index in [1.807, 2.05) is 0 Å². The van der Waals surface area contributed by atoms with Gasteiger partial charge in [-0.2, -0.15) is 0 Å². The molecule has 1 N–H and O–H groups in total. The molecule has 0 spiro atoms. The minimum Gasteiger partial charge on any atom is -0.463 e. The highest BCUT2D eigenvalue weighted by Crippen LogP contribution is 2.42. The van der Waals surface area contributed by atoms with Crippen molar-refractivity contribution in [3.05, 3.63) is 12.7 Å². The van der Waals surface area contributed by atoms with Gasteiger partial charge in [0.1, 0.15) is 0 Å². The second kappa shape index (κ2) is 21.6. The largest absolute Gasteiger partial charge is 0.463 e. The van der Waals surface area contributed by atoms with E-state index in [1.54, 1.807) is 0 Å². The lowest BCUT2D eigenvalue weighted by atomic mass is 10.0. The van der Waals surface area contributed by atoms with Crippen molar-refractivity contribution in [1.29, 1.82) is 0 Å². The Labute approximate surface area is 186 Å². The molecule has 0 bridgehead atoms. The molecule has 0 aliphatic heterocycles. The lowest BCUT2D eigenvalue weighted by Gasteiger charge is -2.11. The number of hydrogen-bond acceptors (Lipinski definition) is 3. The Hall–Kier alpha value is -0.600. The van der Waals surface area contributed by atoms with E-state index < -0.39 is 7.37 Å². The van der Waals surface area contributed by atoms with Gasteiger partial charge in [-0.3, -0.25) is 4.57 Å². The van der Waals surface area contributed by atoms with E-state index >= 15 is 0 Å². The van der Waals surface area contributed by atoms with Gasteiger partial charge in [0.05, 0.1) is 6.61 Å². The van der Waals surface area contributed by atoms with Gasteiger partial charge in [-0.05, 0) is 19.3 Å². The summed E-state index contributed by atoms with van der Waals surface area (Å²) in [4.78, 5) is 21.0. The zero-order valence-corrected chi connectivity index (χ0v) is 20.6. The van der Waals surface area contributed by atoms with E-state index in [0.29, 0.717) is 18.9 Å². The summed E-state index contributed by atoms with van der Waals surface area (Å²) >= 11 is 0. The quantitative estimate of drug-likeness (QED) is 0.0750. The highest BCUT2D eigenvalue weighted by atomic mass is 31.2. The van der Waals surface area contributed by atoms with E-state index in [9.17, 15) is 14.3 Å². The van der Waals surface area contributed by atoms with Crippen molar-refractivity contribution >= 4 is 13.3 Å². The molecule has 5 heteroatoms. The highest BCUT2D eigenvalue weighted by molar-refractivity contribution is 7.57. The molecule has 1 unspecified atom stereocenters. The molecule has 0 aliphatic carbocycles. The molecule has 0 heterocycles. The van der Waals surface area contributed by atoms with Crippen molar-refractivity contribution in [3.63, 3.8) is 0 Å². The molecular formula is C25H49O4P. The molecule has 0 saturated carbocycles. The topological polar surface area (TPSA) is 63.6 Å². The molecule has 0 aromatic rings. The van der Waals surface area contributed by atoms with Gasteiger partial charge in [0.25, 0.3) is 0 Å². The van der Waals surface area contributed by atoms with Crippen LogP contribution >= 0.6 is 7.37 Å². The Morgan fingerprint density at radius 3 is 1.50 bits per heavy atom. The lowest BCUT2D eigenvalue weighted by molar-refractivity contribution is -0.137. The predicted molar refractivity (Wildman–Crippen MR) is 129 cm³/mol. The Bertz CT molecular complexity index is 450. The van der Waals surface area contributed by atoms with Crippen molar-refractivity contribution in [1.82, 2.24) is 0 Å². The van der Waals surface area contributed by atoms with Crippen LogP contribution in [0.3, 0.4) is 0 Å². The highest BCUT2D eigenvalue weighted by Gasteiger charge is 2.16. The van der Waals surface area contributed by atoms with Gasteiger partial charge in [-0.15, -0.1) is 0 Å². The maximum atomic E-state index is 12.2. The Kier molecular flexibility index (Phi) is 21.2. The first kappa shape index (κ1) is 29.4. The Balaban J connectivity index is 3.34. The van der Waals surface area contributed by atoms with Crippen LogP contribution in [0.1, 0.15) is 122 Å². The summed E-state index contributed by atoms with van der Waals surface area (Å²) in [7, 11) is -2.95. The van der Waals surface area contributed by atoms with Crippen LogP contribution in [0.15, 0.2) is 12.7 Å². The first-order valence-electron chi connectivity index (χ1n) is 12.6. The molecule has 0 fully saturated rings. The van der Waals surface area contributed by atoms with Crippen LogP contribution in [0.25, 0.3) is 0 Å². The Morgan fingerprint density at radius 1 is 0.733 bits per heavy atom. The van der Waals surface area contributed by atoms with E-state index in [0.717, 1.165) is 38.5 Å². The third-order valence-electron chi connectivity index (χ3n) is 5.67. The fourth-order valence-corrected chi connectivity index (χ4v) is 5.37. The summed E-state index contributed by atoms with van der Waals surface area (Å²) in [5.41, 5.74) is 0. The second-order valence-corrected chi connectivity index (χ2v) is 11.3. The molecule has 0 aliphatic rings. The van der Waals surface area contributed by atoms with Crippen molar-refractivity contribution in [3.8, 4) is 0 Å². The zero-order chi connectivity index (χ0) is 22.3. The van der Waals surface area contributed by atoms with E-state index in [-0.39, 0.29) is 5.97 Å². The van der Waals surface area contributed by atoms with Gasteiger partial charge in [0.2, 0.25) is 7.37 Å². The van der Waals surface area contributed by atoms with Gasteiger partial charge in [0.15, 0.2) is 0 Å². The van der Waals surface area contributed by atoms with Gasteiger partial charge in [0, 0.05) is 18.4 Å². The van der Waals surface area contributed by atoms with Gasteiger partial charge in [-0.25, -0.2) is 4.79 Å². The van der Waals surface area contributed by atoms with Crippen LogP contribution < -0.4 is 0 Å².